The molecule has 0 nitrogen and oxygen atoms in total. The fourth-order valence-electron chi connectivity index (χ4n) is 1.69. The van der Waals surface area contributed by atoms with E-state index in [0.29, 0.717) is 0 Å². The molecule has 0 heterocycles. The zero-order chi connectivity index (χ0) is 10.7. The predicted octanol–water partition coefficient (Wildman–Crippen LogP) is 3.70. The van der Waals surface area contributed by atoms with Crippen LogP contribution in [0.4, 0.5) is 0 Å². The minimum absolute atomic E-state index is 0.160. The fraction of sp³-hybridized carbons (Fsp3) is 0.429. The molecule has 0 N–H and O–H groups in total. The maximum Gasteiger partial charge on any atom is 0.0460 e. The lowest BCUT2D eigenvalue weighted by Gasteiger charge is -2.12. The molecule has 0 aliphatic carbocycles. The van der Waals surface area contributed by atoms with Gasteiger partial charge in [-0.25, -0.2) is 0 Å². The molecule has 0 fully saturated rings. The van der Waals surface area contributed by atoms with Crippen molar-refractivity contribution in [2.45, 2.75) is 40.0 Å². The molecule has 73 valence electrons. The number of hydrogen-bond acceptors (Lipinski definition) is 0. The lowest BCUT2D eigenvalue weighted by molar-refractivity contribution is 0.826. The maximum atomic E-state index is 7.24. The molecule has 1 radical (unpaired) electrons. The molecule has 1 unspecified atom stereocenters. The number of benzene rings is 1. The highest BCUT2D eigenvalue weighted by Gasteiger charge is 2.08. The summed E-state index contributed by atoms with van der Waals surface area (Å²) in [5, 5.41) is 0. The molecule has 1 atom stereocenters. The van der Waals surface area contributed by atoms with Crippen molar-refractivity contribution >= 4 is 0 Å². The Morgan fingerprint density at radius 3 is 2.07 bits per heavy atom. The molecule has 0 aliphatic rings. The molecule has 14 heavy (non-hydrogen) atoms. The Hall–Kier alpha value is -1.22. The van der Waals surface area contributed by atoms with Gasteiger partial charge in [0.1, 0.15) is 0 Å². The van der Waals surface area contributed by atoms with Gasteiger partial charge in [0, 0.05) is 5.92 Å². The summed E-state index contributed by atoms with van der Waals surface area (Å²) in [5.41, 5.74) is 5.21. The number of aryl methyl sites for hydroxylation is 2. The zero-order valence-corrected chi connectivity index (χ0v) is 9.44. The second-order valence-electron chi connectivity index (χ2n) is 3.88. The Kier molecular flexibility index (Phi) is 3.36. The zero-order valence-electron chi connectivity index (χ0n) is 9.44. The van der Waals surface area contributed by atoms with Gasteiger partial charge in [-0.2, -0.15) is 0 Å². The maximum absolute atomic E-state index is 7.24. The third-order valence-corrected chi connectivity index (χ3v) is 2.93. The topological polar surface area (TPSA) is 0 Å². The lowest BCUT2D eigenvalue weighted by atomic mass is 9.92. The molecule has 1 rings (SSSR count). The van der Waals surface area contributed by atoms with Crippen LogP contribution in [0.1, 0.15) is 41.5 Å². The van der Waals surface area contributed by atoms with Crippen LogP contribution in [0.3, 0.4) is 0 Å². The van der Waals surface area contributed by atoms with E-state index in [1.54, 1.807) is 0 Å². The van der Waals surface area contributed by atoms with Crippen LogP contribution in [0.15, 0.2) is 12.1 Å². The van der Waals surface area contributed by atoms with E-state index >= 15 is 0 Å². The molecular weight excluding hydrogens is 168 g/mol. The summed E-state index contributed by atoms with van der Waals surface area (Å²) >= 11 is 0. The third-order valence-electron chi connectivity index (χ3n) is 2.93. The molecule has 0 aliphatic heterocycles. The quantitative estimate of drug-likeness (QED) is 0.616. The Morgan fingerprint density at radius 2 is 1.71 bits per heavy atom. The van der Waals surface area contributed by atoms with E-state index < -0.39 is 0 Å². The van der Waals surface area contributed by atoms with Crippen LogP contribution in [0.5, 0.6) is 0 Å². The highest BCUT2D eigenvalue weighted by molar-refractivity contribution is 5.40. The van der Waals surface area contributed by atoms with Crippen LogP contribution in [0, 0.1) is 33.1 Å². The molecule has 0 heteroatoms. The van der Waals surface area contributed by atoms with Gasteiger partial charge < -0.3 is 0 Å². The molecule has 0 aromatic heterocycles. The van der Waals surface area contributed by atoms with Crippen LogP contribution < -0.4 is 0 Å². The van der Waals surface area contributed by atoms with Gasteiger partial charge >= 0.3 is 0 Å². The third kappa shape index (κ3) is 1.99. The van der Waals surface area contributed by atoms with E-state index in [1.165, 1.54) is 22.3 Å². The van der Waals surface area contributed by atoms with E-state index in [2.05, 4.69) is 45.7 Å². The first-order valence-electron chi connectivity index (χ1n) is 5.10. The Morgan fingerprint density at radius 1 is 1.21 bits per heavy atom. The Labute approximate surface area is 87.4 Å². The van der Waals surface area contributed by atoms with E-state index in [9.17, 15) is 0 Å². The molecule has 1 aromatic rings. The lowest BCUT2D eigenvalue weighted by Crippen LogP contribution is -1.97. The second-order valence-corrected chi connectivity index (χ2v) is 3.88. The second kappa shape index (κ2) is 4.33. The van der Waals surface area contributed by atoms with Crippen molar-refractivity contribution in [3.05, 3.63) is 40.8 Å². The van der Waals surface area contributed by atoms with Crippen LogP contribution in [0.2, 0.25) is 0 Å². The van der Waals surface area contributed by atoms with Crippen molar-refractivity contribution in [2.75, 3.05) is 0 Å². The first kappa shape index (κ1) is 10.9. The summed E-state index contributed by atoms with van der Waals surface area (Å²) in [6, 6.07) is 4.36. The molecule has 0 saturated carbocycles. The highest BCUT2D eigenvalue weighted by atomic mass is 14.1. The summed E-state index contributed by atoms with van der Waals surface area (Å²) in [6.07, 6.45) is 8.19. The minimum atomic E-state index is 0.160. The van der Waals surface area contributed by atoms with Gasteiger partial charge in [-0.15, -0.1) is 0 Å². The summed E-state index contributed by atoms with van der Waals surface area (Å²) in [6.45, 7) is 8.49. The number of hydrogen-bond donors (Lipinski definition) is 0. The van der Waals surface area contributed by atoms with E-state index in [4.69, 9.17) is 6.42 Å². The monoisotopic (exact) mass is 185 g/mol. The first-order chi connectivity index (χ1) is 6.60. The van der Waals surface area contributed by atoms with Gasteiger partial charge in [-0.1, -0.05) is 25.0 Å². The molecular formula is C14H17. The summed E-state index contributed by atoms with van der Waals surface area (Å²) in [4.78, 5) is 0. The van der Waals surface area contributed by atoms with Crippen LogP contribution in [0.25, 0.3) is 0 Å². The molecule has 0 bridgehead atoms. The molecule has 1 aromatic carbocycles. The summed E-state index contributed by atoms with van der Waals surface area (Å²) in [5.74, 6) is 2.75. The normalized spacial score (nSPS) is 12.2. The van der Waals surface area contributed by atoms with Gasteiger partial charge in [0.25, 0.3) is 0 Å². The molecule has 0 saturated heterocycles. The Balaban J connectivity index is 3.19. The van der Waals surface area contributed by atoms with Gasteiger partial charge in [0.15, 0.2) is 0 Å². The van der Waals surface area contributed by atoms with E-state index in [1.807, 2.05) is 0 Å². The SMILES string of the molecule is [C]#CC(CC)c1cc(C)c(C)c(C)c1. The van der Waals surface area contributed by atoms with Gasteiger partial charge in [-0.05, 0) is 55.9 Å². The Bertz CT molecular complexity index is 343. The minimum Gasteiger partial charge on any atom is -0.0809 e. The van der Waals surface area contributed by atoms with Crippen molar-refractivity contribution in [3.63, 3.8) is 0 Å². The van der Waals surface area contributed by atoms with Crippen LogP contribution in [-0.2, 0) is 0 Å². The van der Waals surface area contributed by atoms with Gasteiger partial charge in [-0.3, -0.25) is 0 Å². The summed E-state index contributed by atoms with van der Waals surface area (Å²) in [7, 11) is 0. The van der Waals surface area contributed by atoms with Crippen LogP contribution in [-0.4, -0.2) is 0 Å². The smallest absolute Gasteiger partial charge is 0.0460 e. The standard InChI is InChI=1S/C14H17/c1-6-13(7-2)14-8-10(3)12(5)11(4)9-14/h8-9,13H,6H2,1,3-5H3. The molecule has 0 spiro atoms. The van der Waals surface area contributed by atoms with Crippen molar-refractivity contribution in [3.8, 4) is 5.92 Å². The van der Waals surface area contributed by atoms with Crippen LogP contribution >= 0.6 is 0 Å². The highest BCUT2D eigenvalue weighted by Crippen LogP contribution is 2.23. The predicted molar refractivity (Wildman–Crippen MR) is 60.8 cm³/mol. The van der Waals surface area contributed by atoms with E-state index in [-0.39, 0.29) is 5.92 Å². The van der Waals surface area contributed by atoms with Gasteiger partial charge in [0.2, 0.25) is 0 Å². The largest absolute Gasteiger partial charge is 0.0809 e. The van der Waals surface area contributed by atoms with Crippen molar-refractivity contribution in [1.82, 2.24) is 0 Å². The van der Waals surface area contributed by atoms with E-state index in [0.717, 1.165) is 6.42 Å². The average molecular weight is 185 g/mol. The van der Waals surface area contributed by atoms with Crippen molar-refractivity contribution in [2.24, 2.45) is 0 Å². The first-order valence-corrected chi connectivity index (χ1v) is 5.10. The van der Waals surface area contributed by atoms with Crippen molar-refractivity contribution < 1.29 is 0 Å². The average Bonchev–Trinajstić information content (AvgIpc) is 2.16. The van der Waals surface area contributed by atoms with Gasteiger partial charge in [0.05, 0.1) is 0 Å². The number of rotatable bonds is 2. The summed E-state index contributed by atoms with van der Waals surface area (Å²) < 4.78 is 0. The van der Waals surface area contributed by atoms with Crippen molar-refractivity contribution in [1.29, 1.82) is 0 Å². The molecule has 0 amide bonds. The fourth-order valence-corrected chi connectivity index (χ4v) is 1.69.